The standard InChI is InChI=1S/C18H21F2N5O/c1-3-21-16-10-12(2)22-18(23-16)25-8-6-24(7-9-25)17(26)14-5-4-13(19)11-15(14)20/h4-5,10-11H,3,6-9H2,1-2H3,(H,21,22,23). The maximum absolute atomic E-state index is 13.8. The van der Waals surface area contributed by atoms with Gasteiger partial charge < -0.3 is 15.1 Å². The first kappa shape index (κ1) is 18.0. The first-order chi connectivity index (χ1) is 12.5. The second kappa shape index (κ2) is 7.63. The van der Waals surface area contributed by atoms with Crippen LogP contribution in [-0.2, 0) is 0 Å². The van der Waals surface area contributed by atoms with E-state index < -0.39 is 17.5 Å². The third kappa shape index (κ3) is 3.89. The number of benzene rings is 1. The molecule has 0 aliphatic carbocycles. The molecule has 8 heteroatoms. The van der Waals surface area contributed by atoms with Gasteiger partial charge in [-0.1, -0.05) is 0 Å². The zero-order valence-corrected chi connectivity index (χ0v) is 14.8. The third-order valence-corrected chi connectivity index (χ3v) is 4.21. The van der Waals surface area contributed by atoms with Crippen LogP contribution in [0.1, 0.15) is 23.0 Å². The van der Waals surface area contributed by atoms with Gasteiger partial charge in [-0.25, -0.2) is 13.8 Å². The third-order valence-electron chi connectivity index (χ3n) is 4.21. The topological polar surface area (TPSA) is 61.4 Å². The predicted molar refractivity (Wildman–Crippen MR) is 95.4 cm³/mol. The molecule has 1 saturated heterocycles. The Morgan fingerprint density at radius 3 is 2.54 bits per heavy atom. The van der Waals surface area contributed by atoms with E-state index in [-0.39, 0.29) is 5.56 Å². The highest BCUT2D eigenvalue weighted by Crippen LogP contribution is 2.18. The molecule has 1 N–H and O–H groups in total. The van der Waals surface area contributed by atoms with Gasteiger partial charge in [0.05, 0.1) is 5.56 Å². The monoisotopic (exact) mass is 361 g/mol. The van der Waals surface area contributed by atoms with Crippen molar-refractivity contribution in [3.63, 3.8) is 0 Å². The van der Waals surface area contributed by atoms with Crippen molar-refractivity contribution in [2.75, 3.05) is 42.9 Å². The van der Waals surface area contributed by atoms with Gasteiger partial charge in [-0.05, 0) is 26.0 Å². The molecule has 26 heavy (non-hydrogen) atoms. The number of aryl methyl sites for hydroxylation is 1. The van der Waals surface area contributed by atoms with Gasteiger partial charge in [0.1, 0.15) is 17.5 Å². The second-order valence-electron chi connectivity index (χ2n) is 6.13. The minimum Gasteiger partial charge on any atom is -0.370 e. The molecule has 2 aromatic rings. The Labute approximate surface area is 150 Å². The van der Waals surface area contributed by atoms with E-state index in [1.165, 1.54) is 6.07 Å². The highest BCUT2D eigenvalue weighted by atomic mass is 19.1. The number of piperazine rings is 1. The lowest BCUT2D eigenvalue weighted by Gasteiger charge is -2.35. The summed E-state index contributed by atoms with van der Waals surface area (Å²) in [6, 6.07) is 4.89. The highest BCUT2D eigenvalue weighted by molar-refractivity contribution is 5.94. The fourth-order valence-corrected chi connectivity index (χ4v) is 2.91. The molecule has 1 fully saturated rings. The Balaban J connectivity index is 1.68. The molecule has 1 amide bonds. The van der Waals surface area contributed by atoms with Crippen molar-refractivity contribution < 1.29 is 13.6 Å². The number of anilines is 2. The van der Waals surface area contributed by atoms with E-state index in [1.54, 1.807) is 4.90 Å². The molecular formula is C18H21F2N5O. The molecule has 0 spiro atoms. The van der Waals surface area contributed by atoms with E-state index >= 15 is 0 Å². The summed E-state index contributed by atoms with van der Waals surface area (Å²) in [6.07, 6.45) is 0. The number of nitrogens with zero attached hydrogens (tertiary/aromatic N) is 4. The molecule has 1 aromatic carbocycles. The number of amides is 1. The number of nitrogens with one attached hydrogen (secondary N) is 1. The Bertz CT molecular complexity index is 806. The normalized spacial score (nSPS) is 14.5. The lowest BCUT2D eigenvalue weighted by atomic mass is 10.1. The minimum atomic E-state index is -0.838. The molecule has 0 saturated carbocycles. The molecule has 138 valence electrons. The van der Waals surface area contributed by atoms with Gasteiger partial charge in [0.2, 0.25) is 5.95 Å². The van der Waals surface area contributed by atoms with Crippen molar-refractivity contribution >= 4 is 17.7 Å². The number of carbonyl (C=O) groups excluding carboxylic acids is 1. The van der Waals surface area contributed by atoms with E-state index in [0.717, 1.165) is 30.2 Å². The second-order valence-corrected chi connectivity index (χ2v) is 6.13. The van der Waals surface area contributed by atoms with Crippen LogP contribution in [0.2, 0.25) is 0 Å². The van der Waals surface area contributed by atoms with Gasteiger partial charge in [-0.3, -0.25) is 4.79 Å². The number of hydrogen-bond donors (Lipinski definition) is 1. The average molecular weight is 361 g/mol. The van der Waals surface area contributed by atoms with Crippen LogP contribution in [-0.4, -0.2) is 53.5 Å². The SMILES string of the molecule is CCNc1cc(C)nc(N2CCN(C(=O)c3ccc(F)cc3F)CC2)n1. The van der Waals surface area contributed by atoms with Crippen LogP contribution in [0.3, 0.4) is 0 Å². The van der Waals surface area contributed by atoms with Crippen LogP contribution in [0.5, 0.6) is 0 Å². The van der Waals surface area contributed by atoms with Crippen molar-refractivity contribution in [1.82, 2.24) is 14.9 Å². The van der Waals surface area contributed by atoms with Gasteiger partial charge in [-0.15, -0.1) is 0 Å². The zero-order valence-electron chi connectivity index (χ0n) is 14.8. The summed E-state index contributed by atoms with van der Waals surface area (Å²) in [7, 11) is 0. The Morgan fingerprint density at radius 2 is 1.88 bits per heavy atom. The molecular weight excluding hydrogens is 340 g/mol. The van der Waals surface area contributed by atoms with Crippen molar-refractivity contribution in [2.24, 2.45) is 0 Å². The van der Waals surface area contributed by atoms with Crippen molar-refractivity contribution in [3.05, 3.63) is 47.2 Å². The van der Waals surface area contributed by atoms with E-state index in [1.807, 2.05) is 24.8 Å². The average Bonchev–Trinajstić information content (AvgIpc) is 2.61. The first-order valence-electron chi connectivity index (χ1n) is 8.56. The molecule has 0 bridgehead atoms. The van der Waals surface area contributed by atoms with Crippen molar-refractivity contribution in [3.8, 4) is 0 Å². The Morgan fingerprint density at radius 1 is 1.15 bits per heavy atom. The number of aromatic nitrogens is 2. The largest absolute Gasteiger partial charge is 0.370 e. The number of rotatable bonds is 4. The summed E-state index contributed by atoms with van der Waals surface area (Å²) in [4.78, 5) is 25.0. The maximum atomic E-state index is 13.8. The summed E-state index contributed by atoms with van der Waals surface area (Å²) in [5.41, 5.74) is 0.749. The van der Waals surface area contributed by atoms with Crippen LogP contribution in [0, 0.1) is 18.6 Å². The molecule has 0 unspecified atom stereocenters. The Kier molecular flexibility index (Phi) is 5.29. The van der Waals surface area contributed by atoms with Crippen LogP contribution in [0.25, 0.3) is 0 Å². The molecule has 0 atom stereocenters. The van der Waals surface area contributed by atoms with E-state index in [4.69, 9.17) is 0 Å². The van der Waals surface area contributed by atoms with Gasteiger partial charge in [-0.2, -0.15) is 4.98 Å². The highest BCUT2D eigenvalue weighted by Gasteiger charge is 2.25. The predicted octanol–water partition coefficient (Wildman–Crippen LogP) is 2.46. The van der Waals surface area contributed by atoms with Gasteiger partial charge in [0.25, 0.3) is 5.91 Å². The van der Waals surface area contributed by atoms with Gasteiger partial charge in [0.15, 0.2) is 0 Å². The summed E-state index contributed by atoms with van der Waals surface area (Å²) >= 11 is 0. The van der Waals surface area contributed by atoms with Crippen molar-refractivity contribution in [2.45, 2.75) is 13.8 Å². The Hall–Kier alpha value is -2.77. The van der Waals surface area contributed by atoms with Crippen molar-refractivity contribution in [1.29, 1.82) is 0 Å². The lowest BCUT2D eigenvalue weighted by molar-refractivity contribution is 0.0741. The quantitative estimate of drug-likeness (QED) is 0.906. The van der Waals surface area contributed by atoms with E-state index in [2.05, 4.69) is 15.3 Å². The number of carbonyl (C=O) groups is 1. The lowest BCUT2D eigenvalue weighted by Crippen LogP contribution is -2.49. The smallest absolute Gasteiger partial charge is 0.256 e. The summed E-state index contributed by atoms with van der Waals surface area (Å²) in [5, 5.41) is 3.17. The molecule has 3 rings (SSSR count). The van der Waals surface area contributed by atoms with Gasteiger partial charge >= 0.3 is 0 Å². The van der Waals surface area contributed by atoms with Crippen LogP contribution in [0.4, 0.5) is 20.5 Å². The number of hydrogen-bond acceptors (Lipinski definition) is 5. The summed E-state index contributed by atoms with van der Waals surface area (Å²) in [5.74, 6) is -0.588. The van der Waals surface area contributed by atoms with Crippen LogP contribution in [0.15, 0.2) is 24.3 Å². The molecule has 0 radical (unpaired) electrons. The fraction of sp³-hybridized carbons (Fsp3) is 0.389. The van der Waals surface area contributed by atoms with Crippen LogP contribution < -0.4 is 10.2 Å². The minimum absolute atomic E-state index is 0.110. The van der Waals surface area contributed by atoms with E-state index in [0.29, 0.717) is 32.1 Å². The summed E-state index contributed by atoms with van der Waals surface area (Å²) < 4.78 is 26.9. The van der Waals surface area contributed by atoms with Crippen LogP contribution >= 0.6 is 0 Å². The molecule has 1 aromatic heterocycles. The van der Waals surface area contributed by atoms with Gasteiger partial charge in [0, 0.05) is 50.6 Å². The van der Waals surface area contributed by atoms with E-state index in [9.17, 15) is 13.6 Å². The maximum Gasteiger partial charge on any atom is 0.256 e. The first-order valence-corrected chi connectivity index (χ1v) is 8.56. The molecule has 6 nitrogen and oxygen atoms in total. The zero-order chi connectivity index (χ0) is 18.7. The number of halogens is 2. The molecule has 2 heterocycles. The fourth-order valence-electron chi connectivity index (χ4n) is 2.91. The molecule has 1 aliphatic heterocycles. The summed E-state index contributed by atoms with van der Waals surface area (Å²) in [6.45, 7) is 6.60. The molecule has 1 aliphatic rings.